The number of amides is 2. The maximum Gasteiger partial charge on any atom is 0.244 e. The van der Waals surface area contributed by atoms with E-state index in [0.717, 1.165) is 11.1 Å². The summed E-state index contributed by atoms with van der Waals surface area (Å²) < 4.78 is 30.0. The van der Waals surface area contributed by atoms with E-state index in [-0.39, 0.29) is 48.1 Å². The maximum absolute atomic E-state index is 14.4. The number of carbonyl (C=O) groups excluding carboxylic acids is 3. The number of aromatic nitrogens is 4. The van der Waals surface area contributed by atoms with E-state index in [2.05, 4.69) is 20.4 Å². The van der Waals surface area contributed by atoms with E-state index in [9.17, 15) is 23.2 Å². The molecule has 9 nitrogen and oxygen atoms in total. The van der Waals surface area contributed by atoms with Gasteiger partial charge in [-0.2, -0.15) is 5.10 Å². The third-order valence-electron chi connectivity index (χ3n) is 6.81. The van der Waals surface area contributed by atoms with Crippen LogP contribution >= 0.6 is 11.6 Å². The van der Waals surface area contributed by atoms with Crippen LogP contribution in [0.15, 0.2) is 48.8 Å². The summed E-state index contributed by atoms with van der Waals surface area (Å²) in [4.78, 5) is 48.1. The van der Waals surface area contributed by atoms with E-state index in [1.807, 2.05) is 6.07 Å². The van der Waals surface area contributed by atoms with Gasteiger partial charge in [-0.05, 0) is 36.8 Å². The fraction of sp³-hybridized carbons (Fsp3) is 0.286. The molecule has 1 saturated heterocycles. The minimum Gasteiger partial charge on any atom is -0.335 e. The number of aryl methyl sites for hydroxylation is 1. The third kappa shape index (κ3) is 5.55. The molecule has 4 aromatic rings. The van der Waals surface area contributed by atoms with E-state index < -0.39 is 29.8 Å². The predicted octanol–water partition coefficient (Wildman–Crippen LogP) is 4.76. The van der Waals surface area contributed by atoms with Gasteiger partial charge in [-0.1, -0.05) is 23.7 Å². The summed E-state index contributed by atoms with van der Waals surface area (Å²) in [6, 6.07) is 8.84. The van der Waals surface area contributed by atoms with Crippen molar-refractivity contribution in [3.63, 3.8) is 0 Å². The number of benzene rings is 2. The van der Waals surface area contributed by atoms with Crippen LogP contribution in [0.2, 0.25) is 5.02 Å². The molecule has 1 aliphatic heterocycles. The minimum absolute atomic E-state index is 0.0300. The van der Waals surface area contributed by atoms with Crippen LogP contribution in [0.4, 0.5) is 14.5 Å². The topological polar surface area (TPSA) is 110 Å². The van der Waals surface area contributed by atoms with Crippen molar-refractivity contribution < 1.29 is 23.2 Å². The van der Waals surface area contributed by atoms with Crippen molar-refractivity contribution in [2.75, 3.05) is 11.9 Å². The highest BCUT2D eigenvalue weighted by molar-refractivity contribution is 6.31. The Hall–Kier alpha value is -4.25. The molecule has 0 spiro atoms. The number of carbonyl (C=O) groups is 3. The van der Waals surface area contributed by atoms with E-state index in [0.29, 0.717) is 16.7 Å². The van der Waals surface area contributed by atoms with Crippen molar-refractivity contribution in [2.45, 2.75) is 45.4 Å². The van der Waals surface area contributed by atoms with Crippen LogP contribution in [0.1, 0.15) is 36.1 Å². The zero-order chi connectivity index (χ0) is 28.6. The number of hydrogen-bond acceptors (Lipinski definition) is 6. The second-order valence-electron chi connectivity index (χ2n) is 9.70. The molecule has 12 heteroatoms. The molecule has 2 aromatic carbocycles. The molecule has 206 valence electrons. The van der Waals surface area contributed by atoms with Gasteiger partial charge in [0.05, 0.1) is 22.8 Å². The zero-order valence-electron chi connectivity index (χ0n) is 21.7. The summed E-state index contributed by atoms with van der Waals surface area (Å²) in [6.45, 7) is 2.73. The average Bonchev–Trinajstić information content (AvgIpc) is 3.46. The van der Waals surface area contributed by atoms with E-state index in [1.165, 1.54) is 34.7 Å². The summed E-state index contributed by atoms with van der Waals surface area (Å²) in [7, 11) is 0. The highest BCUT2D eigenvalue weighted by Crippen LogP contribution is 2.29. The van der Waals surface area contributed by atoms with Crippen molar-refractivity contribution in [3.05, 3.63) is 71.2 Å². The molecule has 0 bridgehead atoms. The van der Waals surface area contributed by atoms with Crippen LogP contribution in [-0.2, 0) is 16.1 Å². The number of alkyl halides is 1. The Labute approximate surface area is 233 Å². The molecular formula is C28H25ClF2N6O3. The fourth-order valence-electron chi connectivity index (χ4n) is 4.87. The molecule has 3 heterocycles. The Morgan fingerprint density at radius 2 is 1.88 bits per heavy atom. The second-order valence-corrected chi connectivity index (χ2v) is 10.1. The van der Waals surface area contributed by atoms with Crippen LogP contribution in [0.3, 0.4) is 0 Å². The molecule has 1 N–H and O–H groups in total. The Morgan fingerprint density at radius 1 is 1.12 bits per heavy atom. The number of halogens is 3. The Balaban J connectivity index is 1.36. The molecule has 0 saturated carbocycles. The number of rotatable bonds is 7. The summed E-state index contributed by atoms with van der Waals surface area (Å²) in [6.07, 6.45) is 1.80. The van der Waals surface area contributed by atoms with E-state index in [4.69, 9.17) is 11.6 Å². The molecule has 2 amide bonds. The van der Waals surface area contributed by atoms with Gasteiger partial charge in [0.2, 0.25) is 11.8 Å². The molecule has 0 radical (unpaired) electrons. The molecule has 5 rings (SSSR count). The SMILES string of the molecule is CC(=O)c1nn(CC(=O)N2C[C@H](F)C[C@H]2CC(=O)Nc2cccc(Cl)c2F)c2ccc(-c3cnc(C)nc3)cc12. The quantitative estimate of drug-likeness (QED) is 0.323. The number of likely N-dealkylation sites (tertiary alicyclic amines) is 1. The average molecular weight is 567 g/mol. The number of fused-ring (bicyclic) bond motifs is 1. The molecule has 1 fully saturated rings. The third-order valence-corrected chi connectivity index (χ3v) is 7.11. The van der Waals surface area contributed by atoms with Gasteiger partial charge in [-0.25, -0.2) is 18.7 Å². The van der Waals surface area contributed by atoms with Gasteiger partial charge in [0, 0.05) is 49.2 Å². The highest BCUT2D eigenvalue weighted by atomic mass is 35.5. The Morgan fingerprint density at radius 3 is 2.60 bits per heavy atom. The summed E-state index contributed by atoms with van der Waals surface area (Å²) in [5, 5.41) is 7.24. The molecule has 2 aromatic heterocycles. The lowest BCUT2D eigenvalue weighted by atomic mass is 10.0. The number of Topliss-reactive ketones (excluding diaryl/α,β-unsaturated/α-hetero) is 1. The fourth-order valence-corrected chi connectivity index (χ4v) is 5.05. The maximum atomic E-state index is 14.4. The first-order valence-electron chi connectivity index (χ1n) is 12.6. The van der Waals surface area contributed by atoms with Gasteiger partial charge in [0.25, 0.3) is 0 Å². The lowest BCUT2D eigenvalue weighted by molar-refractivity contribution is -0.133. The van der Waals surface area contributed by atoms with Gasteiger partial charge in [0.1, 0.15) is 24.2 Å². The second kappa shape index (κ2) is 11.1. The normalized spacial score (nSPS) is 16.9. The summed E-state index contributed by atoms with van der Waals surface area (Å²) in [5.74, 6) is -1.45. The van der Waals surface area contributed by atoms with Crippen molar-refractivity contribution in [3.8, 4) is 11.1 Å². The lowest BCUT2D eigenvalue weighted by Gasteiger charge is -2.24. The van der Waals surface area contributed by atoms with Gasteiger partial charge in [0.15, 0.2) is 11.6 Å². The zero-order valence-corrected chi connectivity index (χ0v) is 22.5. The number of nitrogens with one attached hydrogen (secondary N) is 1. The van der Waals surface area contributed by atoms with Gasteiger partial charge in [-0.3, -0.25) is 19.1 Å². The predicted molar refractivity (Wildman–Crippen MR) is 145 cm³/mol. The Bertz CT molecular complexity index is 1620. The van der Waals surface area contributed by atoms with Crippen molar-refractivity contribution in [1.29, 1.82) is 0 Å². The minimum atomic E-state index is -1.31. The van der Waals surface area contributed by atoms with Crippen molar-refractivity contribution in [1.82, 2.24) is 24.6 Å². The van der Waals surface area contributed by atoms with Gasteiger partial charge < -0.3 is 10.2 Å². The molecular weight excluding hydrogens is 542 g/mol. The lowest BCUT2D eigenvalue weighted by Crippen LogP contribution is -2.40. The largest absolute Gasteiger partial charge is 0.335 e. The molecule has 0 aliphatic carbocycles. The van der Waals surface area contributed by atoms with Crippen LogP contribution in [-0.4, -0.2) is 61.0 Å². The standard InChI is InChI=1S/C28H25ClF2N6O3/c1-15(38)28-21-8-17(18-11-32-16(2)33-12-18)6-7-24(21)37(35-28)14-26(40)36-13-19(30)9-20(36)10-25(39)34-23-5-3-4-22(29)27(23)31/h3-8,11-12,19-20H,9-10,13-14H2,1-2H3,(H,34,39)/t19-,20+/m1/s1. The number of nitrogens with zero attached hydrogens (tertiary/aromatic N) is 5. The first kappa shape index (κ1) is 27.3. The van der Waals surface area contributed by atoms with E-state index >= 15 is 0 Å². The molecule has 40 heavy (non-hydrogen) atoms. The van der Waals surface area contributed by atoms with Crippen LogP contribution in [0.5, 0.6) is 0 Å². The molecule has 1 aliphatic rings. The van der Waals surface area contributed by atoms with Crippen LogP contribution in [0.25, 0.3) is 22.0 Å². The van der Waals surface area contributed by atoms with Crippen molar-refractivity contribution in [2.24, 2.45) is 0 Å². The number of ketones is 1. The number of anilines is 1. The smallest absolute Gasteiger partial charge is 0.244 e. The first-order valence-corrected chi connectivity index (χ1v) is 13.0. The van der Waals surface area contributed by atoms with Crippen LogP contribution in [0, 0.1) is 12.7 Å². The summed E-state index contributed by atoms with van der Waals surface area (Å²) >= 11 is 5.77. The monoisotopic (exact) mass is 566 g/mol. The Kier molecular flexibility index (Phi) is 7.57. The van der Waals surface area contributed by atoms with Gasteiger partial charge in [-0.15, -0.1) is 0 Å². The van der Waals surface area contributed by atoms with Gasteiger partial charge >= 0.3 is 0 Å². The number of hydrogen-bond donors (Lipinski definition) is 1. The first-order chi connectivity index (χ1) is 19.1. The van der Waals surface area contributed by atoms with E-state index in [1.54, 1.807) is 31.5 Å². The molecule has 2 atom stereocenters. The molecule has 0 unspecified atom stereocenters. The van der Waals surface area contributed by atoms with Crippen LogP contribution < -0.4 is 5.32 Å². The van der Waals surface area contributed by atoms with Crippen molar-refractivity contribution >= 4 is 45.8 Å². The highest BCUT2D eigenvalue weighted by Gasteiger charge is 2.37. The summed E-state index contributed by atoms with van der Waals surface area (Å²) in [5.41, 5.74) is 2.19.